The number of carbonyl (C=O) groups is 1. The second-order valence-electron chi connectivity index (χ2n) is 8.40. The first kappa shape index (κ1) is 20.7. The predicted molar refractivity (Wildman–Crippen MR) is 111 cm³/mol. The summed E-state index contributed by atoms with van der Waals surface area (Å²) in [4.78, 5) is 14.8. The Bertz CT molecular complexity index is 1140. The van der Waals surface area contributed by atoms with Crippen LogP contribution >= 0.6 is 0 Å². The van der Waals surface area contributed by atoms with Gasteiger partial charge in [-0.3, -0.25) is 4.79 Å². The van der Waals surface area contributed by atoms with Gasteiger partial charge in [-0.15, -0.1) is 15.3 Å². The maximum absolute atomic E-state index is 13.1. The molecule has 7 nitrogen and oxygen atoms in total. The minimum Gasteiger partial charge on any atom is -0.355 e. The molecule has 168 valence electrons. The number of aryl methyl sites for hydroxylation is 1. The van der Waals surface area contributed by atoms with Crippen molar-refractivity contribution in [2.45, 2.75) is 44.3 Å². The summed E-state index contributed by atoms with van der Waals surface area (Å²) in [6.45, 7) is 1.09. The van der Waals surface area contributed by atoms with Gasteiger partial charge in [0.15, 0.2) is 5.65 Å². The van der Waals surface area contributed by atoms with Crippen molar-refractivity contribution in [2.75, 3.05) is 18.0 Å². The van der Waals surface area contributed by atoms with E-state index in [1.165, 1.54) is 17.2 Å². The number of carbonyl (C=O) groups excluding carboxylic acids is 1. The van der Waals surface area contributed by atoms with Crippen molar-refractivity contribution >= 4 is 17.4 Å². The monoisotopic (exact) mass is 444 g/mol. The molecule has 5 rings (SSSR count). The number of halogens is 3. The molecule has 0 spiro atoms. The second-order valence-corrected chi connectivity index (χ2v) is 8.40. The van der Waals surface area contributed by atoms with E-state index in [0.29, 0.717) is 31.7 Å². The molecule has 0 bridgehead atoms. The van der Waals surface area contributed by atoms with Gasteiger partial charge in [-0.05, 0) is 55.4 Å². The van der Waals surface area contributed by atoms with Crippen LogP contribution in [0.2, 0.25) is 0 Å². The van der Waals surface area contributed by atoms with E-state index in [1.54, 1.807) is 6.07 Å². The van der Waals surface area contributed by atoms with Crippen molar-refractivity contribution in [2.24, 2.45) is 5.92 Å². The summed E-state index contributed by atoms with van der Waals surface area (Å²) < 4.78 is 40.1. The second kappa shape index (κ2) is 8.07. The first-order chi connectivity index (χ1) is 15.4. The van der Waals surface area contributed by atoms with E-state index in [0.717, 1.165) is 23.8 Å². The zero-order chi connectivity index (χ0) is 22.3. The van der Waals surface area contributed by atoms with E-state index in [1.807, 2.05) is 17.0 Å². The smallest absolute Gasteiger partial charge is 0.355 e. The van der Waals surface area contributed by atoms with Crippen molar-refractivity contribution in [1.82, 2.24) is 25.1 Å². The highest BCUT2D eigenvalue weighted by atomic mass is 19.4. The van der Waals surface area contributed by atoms with Gasteiger partial charge in [-0.1, -0.05) is 24.3 Å². The van der Waals surface area contributed by atoms with Crippen LogP contribution in [-0.4, -0.2) is 38.8 Å². The Morgan fingerprint density at radius 2 is 1.81 bits per heavy atom. The lowest BCUT2D eigenvalue weighted by atomic mass is 9.87. The molecule has 1 unspecified atom stereocenters. The average Bonchev–Trinajstić information content (AvgIpc) is 3.23. The number of piperidine rings is 1. The fourth-order valence-electron chi connectivity index (χ4n) is 4.69. The lowest BCUT2D eigenvalue weighted by Crippen LogP contribution is -2.42. The minimum absolute atomic E-state index is 0.0445. The van der Waals surface area contributed by atoms with Gasteiger partial charge in [0.25, 0.3) is 5.82 Å². The van der Waals surface area contributed by atoms with E-state index in [-0.39, 0.29) is 23.5 Å². The minimum atomic E-state index is -4.63. The summed E-state index contributed by atoms with van der Waals surface area (Å²) in [7, 11) is 0. The first-order valence-electron chi connectivity index (χ1n) is 10.8. The van der Waals surface area contributed by atoms with E-state index >= 15 is 0 Å². The Balaban J connectivity index is 1.24. The highest BCUT2D eigenvalue weighted by Crippen LogP contribution is 2.31. The molecule has 3 heterocycles. The molecular weight excluding hydrogens is 421 g/mol. The number of hydrogen-bond acceptors (Lipinski definition) is 5. The van der Waals surface area contributed by atoms with E-state index in [9.17, 15) is 18.0 Å². The van der Waals surface area contributed by atoms with Gasteiger partial charge < -0.3 is 10.2 Å². The van der Waals surface area contributed by atoms with Gasteiger partial charge in [0.2, 0.25) is 5.91 Å². The van der Waals surface area contributed by atoms with Crippen LogP contribution in [0.5, 0.6) is 0 Å². The molecule has 0 saturated carbocycles. The molecule has 2 aromatic heterocycles. The van der Waals surface area contributed by atoms with Crippen LogP contribution < -0.4 is 10.2 Å². The molecule has 1 aromatic carbocycles. The van der Waals surface area contributed by atoms with Gasteiger partial charge in [-0.2, -0.15) is 17.7 Å². The lowest BCUT2D eigenvalue weighted by Gasteiger charge is -2.33. The zero-order valence-corrected chi connectivity index (χ0v) is 17.3. The van der Waals surface area contributed by atoms with Gasteiger partial charge in [0, 0.05) is 19.0 Å². The third kappa shape index (κ3) is 3.89. The summed E-state index contributed by atoms with van der Waals surface area (Å²) in [5, 5.41) is 14.1. The number of amides is 1. The Labute approximate surface area is 182 Å². The number of alkyl halides is 3. The van der Waals surface area contributed by atoms with Crippen molar-refractivity contribution in [1.29, 1.82) is 0 Å². The first-order valence-corrected chi connectivity index (χ1v) is 10.8. The van der Waals surface area contributed by atoms with Gasteiger partial charge in [0.05, 0.1) is 6.04 Å². The number of fused-ring (bicyclic) bond motifs is 2. The van der Waals surface area contributed by atoms with Crippen molar-refractivity contribution < 1.29 is 18.0 Å². The maximum Gasteiger partial charge on any atom is 0.453 e. The number of benzene rings is 1. The Kier molecular flexibility index (Phi) is 5.22. The number of nitrogens with zero attached hydrogens (tertiary/aromatic N) is 5. The molecule has 1 aliphatic carbocycles. The lowest BCUT2D eigenvalue weighted by molar-refractivity contribution is -0.146. The SMILES string of the molecule is O=C(NC1CCCc2ccccc21)C1CCN(c2ccc3nnc(C(F)(F)F)n3n2)CC1. The van der Waals surface area contributed by atoms with Crippen LogP contribution in [-0.2, 0) is 17.4 Å². The molecule has 2 aliphatic rings. The zero-order valence-electron chi connectivity index (χ0n) is 17.3. The number of anilines is 1. The molecule has 1 fully saturated rings. The van der Waals surface area contributed by atoms with E-state index in [2.05, 4.69) is 32.7 Å². The molecule has 1 amide bonds. The van der Waals surface area contributed by atoms with Gasteiger partial charge >= 0.3 is 6.18 Å². The highest BCUT2D eigenvalue weighted by Gasteiger charge is 2.38. The van der Waals surface area contributed by atoms with Crippen molar-refractivity contribution in [3.8, 4) is 0 Å². The molecule has 32 heavy (non-hydrogen) atoms. The molecule has 1 aliphatic heterocycles. The van der Waals surface area contributed by atoms with Crippen LogP contribution in [0.1, 0.15) is 48.7 Å². The summed E-state index contributed by atoms with van der Waals surface area (Å²) in [5.74, 6) is -0.795. The molecule has 1 saturated heterocycles. The number of rotatable bonds is 3. The van der Waals surface area contributed by atoms with Crippen LogP contribution in [0.15, 0.2) is 36.4 Å². The fraction of sp³-hybridized carbons (Fsp3) is 0.455. The third-order valence-corrected chi connectivity index (χ3v) is 6.38. The summed E-state index contributed by atoms with van der Waals surface area (Å²) in [6.07, 6.45) is -0.360. The molecular formula is C22H23F3N6O. The van der Waals surface area contributed by atoms with E-state index < -0.39 is 12.0 Å². The maximum atomic E-state index is 13.1. The quantitative estimate of drug-likeness (QED) is 0.669. The van der Waals surface area contributed by atoms with Crippen LogP contribution in [0.4, 0.5) is 19.0 Å². The van der Waals surface area contributed by atoms with Crippen LogP contribution in [0.3, 0.4) is 0 Å². The summed E-state index contributed by atoms with van der Waals surface area (Å²) in [5.41, 5.74) is 2.55. The normalized spacial score (nSPS) is 19.7. The molecule has 1 N–H and O–H groups in total. The number of nitrogens with one attached hydrogen (secondary N) is 1. The predicted octanol–water partition coefficient (Wildman–Crippen LogP) is 3.55. The third-order valence-electron chi connectivity index (χ3n) is 6.38. The van der Waals surface area contributed by atoms with Crippen molar-refractivity contribution in [3.63, 3.8) is 0 Å². The van der Waals surface area contributed by atoms with Crippen LogP contribution in [0, 0.1) is 5.92 Å². The largest absolute Gasteiger partial charge is 0.453 e. The van der Waals surface area contributed by atoms with Crippen LogP contribution in [0.25, 0.3) is 5.65 Å². The summed E-state index contributed by atoms with van der Waals surface area (Å²) in [6, 6.07) is 11.4. The fourth-order valence-corrected chi connectivity index (χ4v) is 4.69. The number of aromatic nitrogens is 4. The topological polar surface area (TPSA) is 75.4 Å². The van der Waals surface area contributed by atoms with Crippen molar-refractivity contribution in [3.05, 3.63) is 53.3 Å². The van der Waals surface area contributed by atoms with E-state index in [4.69, 9.17) is 0 Å². The average molecular weight is 444 g/mol. The summed E-state index contributed by atoms with van der Waals surface area (Å²) >= 11 is 0. The Hall–Kier alpha value is -3.17. The Morgan fingerprint density at radius 3 is 2.59 bits per heavy atom. The molecule has 1 atom stereocenters. The molecule has 0 radical (unpaired) electrons. The molecule has 3 aromatic rings. The van der Waals surface area contributed by atoms with Gasteiger partial charge in [0.1, 0.15) is 5.82 Å². The number of hydrogen-bond donors (Lipinski definition) is 1. The highest BCUT2D eigenvalue weighted by molar-refractivity contribution is 5.79. The standard InChI is InChI=1S/C22H23F3N6O/c23-22(24,25)21-28-27-18-8-9-19(29-31(18)21)30-12-10-15(11-13-30)20(32)26-17-7-3-5-14-4-1-2-6-16(14)17/h1-2,4,6,8-9,15,17H,3,5,7,10-13H2,(H,26,32). The van der Waals surface area contributed by atoms with Gasteiger partial charge in [-0.25, -0.2) is 0 Å². The Morgan fingerprint density at radius 1 is 1.03 bits per heavy atom. The molecule has 10 heteroatoms.